The van der Waals surface area contributed by atoms with Crippen molar-refractivity contribution < 1.29 is 48.0 Å². The third-order valence-electron chi connectivity index (χ3n) is 7.51. The fraction of sp³-hybridized carbons (Fsp3) is 0.429. The van der Waals surface area contributed by atoms with Crippen molar-refractivity contribution in [2.24, 2.45) is 0 Å². The molecule has 1 heterocycles. The summed E-state index contributed by atoms with van der Waals surface area (Å²) in [4.78, 5) is 0. The number of rotatable bonds is 2. The van der Waals surface area contributed by atoms with Crippen LogP contribution in [0.5, 0.6) is 0 Å². The van der Waals surface area contributed by atoms with Crippen LogP contribution in [0, 0.1) is 0 Å². The van der Waals surface area contributed by atoms with E-state index in [0.29, 0.717) is 15.0 Å². The second-order valence-corrected chi connectivity index (χ2v) is 14.2. The summed E-state index contributed by atoms with van der Waals surface area (Å²) in [5, 5.41) is 0. The van der Waals surface area contributed by atoms with Gasteiger partial charge in [-0.1, -0.05) is 0 Å². The molecular formula is C28H32Cl2Zr. The Morgan fingerprint density at radius 3 is 2.13 bits per heavy atom. The molecule has 0 nitrogen and oxygen atoms in total. The van der Waals surface area contributed by atoms with Gasteiger partial charge in [-0.3, -0.25) is 0 Å². The van der Waals surface area contributed by atoms with Crippen molar-refractivity contribution in [3.8, 4) is 0 Å². The third-order valence-corrected chi connectivity index (χ3v) is 12.7. The number of hydrogen-bond acceptors (Lipinski definition) is 0. The van der Waals surface area contributed by atoms with Crippen LogP contribution < -0.4 is 24.8 Å². The predicted molar refractivity (Wildman–Crippen MR) is 121 cm³/mol. The summed E-state index contributed by atoms with van der Waals surface area (Å²) >= 11 is -0.753. The van der Waals surface area contributed by atoms with Crippen molar-refractivity contribution in [3.05, 3.63) is 81.4 Å². The second-order valence-electron chi connectivity index (χ2n) is 9.92. The van der Waals surface area contributed by atoms with E-state index in [1.54, 1.807) is 50.1 Å². The van der Waals surface area contributed by atoms with Gasteiger partial charge in [-0.15, -0.1) is 0 Å². The second kappa shape index (κ2) is 8.97. The summed E-state index contributed by atoms with van der Waals surface area (Å²) in [5.41, 5.74) is 14.7. The zero-order valence-corrected chi connectivity index (χ0v) is 23.4. The van der Waals surface area contributed by atoms with E-state index in [0.717, 1.165) is 3.63 Å². The first kappa shape index (κ1) is 25.0. The van der Waals surface area contributed by atoms with Crippen LogP contribution in [0.3, 0.4) is 0 Å². The Bertz CT molecular complexity index is 1080. The molecule has 3 heteroatoms. The Kier molecular flexibility index (Phi) is 7.23. The quantitative estimate of drug-likeness (QED) is 0.557. The molecular weight excluding hydrogens is 498 g/mol. The van der Waals surface area contributed by atoms with Gasteiger partial charge < -0.3 is 24.8 Å². The van der Waals surface area contributed by atoms with Crippen molar-refractivity contribution in [2.75, 3.05) is 0 Å². The molecule has 2 aromatic carbocycles. The summed E-state index contributed by atoms with van der Waals surface area (Å²) in [7, 11) is 0. The van der Waals surface area contributed by atoms with E-state index in [9.17, 15) is 0 Å². The Morgan fingerprint density at radius 2 is 1.48 bits per heavy atom. The number of hydrogen-bond donors (Lipinski definition) is 0. The average molecular weight is 531 g/mol. The molecule has 1 aliphatic heterocycles. The maximum Gasteiger partial charge on any atom is -1.00 e. The molecule has 0 N–H and O–H groups in total. The van der Waals surface area contributed by atoms with Crippen molar-refractivity contribution in [3.63, 3.8) is 0 Å². The summed E-state index contributed by atoms with van der Waals surface area (Å²) in [6.07, 6.45) is 5.32. The molecule has 1 spiro atoms. The monoisotopic (exact) mass is 528 g/mol. The average Bonchev–Trinajstić information content (AvgIpc) is 3.14. The molecule has 31 heavy (non-hydrogen) atoms. The van der Waals surface area contributed by atoms with E-state index in [-0.39, 0.29) is 24.8 Å². The van der Waals surface area contributed by atoms with Gasteiger partial charge in [0.15, 0.2) is 0 Å². The van der Waals surface area contributed by atoms with Gasteiger partial charge in [0.2, 0.25) is 0 Å². The molecule has 2 unspecified atom stereocenters. The number of halogens is 2. The molecule has 1 saturated heterocycles. The van der Waals surface area contributed by atoms with Gasteiger partial charge >= 0.3 is 189 Å². The van der Waals surface area contributed by atoms with Crippen molar-refractivity contribution in [1.29, 1.82) is 0 Å². The van der Waals surface area contributed by atoms with E-state index in [1.165, 1.54) is 12.8 Å². The van der Waals surface area contributed by atoms with Crippen molar-refractivity contribution >= 4 is 11.1 Å². The standard InChI is InChI=1S/C28H32.2ClH.Zr/c1-17(2)24-11-8-12-26-22(15-19(5)27(24)26)14-13-21-16-23-9-7-10-25(18(3)4)28(23)20(21)6;;;/h7-12,15-18H,13-14H2,1-6H3;2*1H;/q;;;+2/p-2. The van der Waals surface area contributed by atoms with Crippen LogP contribution in [0.15, 0.2) is 48.0 Å². The van der Waals surface area contributed by atoms with Crippen LogP contribution in [-0.4, -0.2) is 0 Å². The molecule has 0 bridgehead atoms. The van der Waals surface area contributed by atoms with Gasteiger partial charge in [0, 0.05) is 0 Å². The van der Waals surface area contributed by atoms with Crippen molar-refractivity contribution in [1.82, 2.24) is 0 Å². The first-order chi connectivity index (χ1) is 13.8. The SMILES string of the molecule is CC1=C[C]2(CCC3=C(C)c4c(C(C)C)cccc4[CH]3[Zr+2]2)c2cccc(C(C)C)c21.[Cl-].[Cl-]. The zero-order valence-electron chi connectivity index (χ0n) is 19.4. The molecule has 0 aromatic heterocycles. The maximum absolute atomic E-state index is 2.71. The number of benzene rings is 2. The molecule has 3 aliphatic rings. The minimum Gasteiger partial charge on any atom is -1.00 e. The summed E-state index contributed by atoms with van der Waals surface area (Å²) in [6.45, 7) is 14.2. The van der Waals surface area contributed by atoms with E-state index in [1.807, 2.05) is 0 Å². The van der Waals surface area contributed by atoms with Crippen LogP contribution in [0.1, 0.15) is 103 Å². The van der Waals surface area contributed by atoms with Crippen molar-refractivity contribution in [2.45, 2.75) is 73.0 Å². The van der Waals surface area contributed by atoms with Crippen LogP contribution in [0.25, 0.3) is 11.1 Å². The predicted octanol–water partition coefficient (Wildman–Crippen LogP) is 1.96. The molecule has 2 aromatic rings. The first-order valence-corrected chi connectivity index (χ1v) is 13.9. The van der Waals surface area contributed by atoms with E-state index < -0.39 is 23.2 Å². The van der Waals surface area contributed by atoms with E-state index in [4.69, 9.17) is 0 Å². The minimum absolute atomic E-state index is 0. The fourth-order valence-corrected chi connectivity index (χ4v) is 12.0. The van der Waals surface area contributed by atoms with Crippen LogP contribution in [0.4, 0.5) is 0 Å². The van der Waals surface area contributed by atoms with Crippen LogP contribution in [-0.2, 0) is 26.4 Å². The third kappa shape index (κ3) is 3.68. The summed E-state index contributed by atoms with van der Waals surface area (Å²) in [5.74, 6) is 1.19. The number of allylic oxidation sites excluding steroid dienone is 4. The zero-order chi connectivity index (χ0) is 20.5. The molecule has 2 atom stereocenters. The maximum atomic E-state index is 2.71. The van der Waals surface area contributed by atoms with Gasteiger partial charge in [0.05, 0.1) is 0 Å². The Morgan fingerprint density at radius 1 is 0.871 bits per heavy atom. The van der Waals surface area contributed by atoms with Gasteiger partial charge in [-0.05, 0) is 0 Å². The Labute approximate surface area is 212 Å². The minimum atomic E-state index is -0.753. The fourth-order valence-electron chi connectivity index (χ4n) is 6.18. The molecule has 0 amide bonds. The molecule has 1 fully saturated rings. The Balaban J connectivity index is 0.00000136. The smallest absolute Gasteiger partial charge is 1.00 e. The number of fused-ring (bicyclic) bond motifs is 5. The van der Waals surface area contributed by atoms with Gasteiger partial charge in [-0.25, -0.2) is 0 Å². The molecule has 5 rings (SSSR count). The van der Waals surface area contributed by atoms with E-state index >= 15 is 0 Å². The Hall–Kier alpha value is -0.617. The van der Waals surface area contributed by atoms with Gasteiger partial charge in [0.1, 0.15) is 0 Å². The first-order valence-electron chi connectivity index (χ1n) is 11.3. The summed E-state index contributed by atoms with van der Waals surface area (Å²) in [6, 6.07) is 14.3. The van der Waals surface area contributed by atoms with Gasteiger partial charge in [0.25, 0.3) is 0 Å². The van der Waals surface area contributed by atoms with Crippen LogP contribution in [0.2, 0.25) is 0 Å². The van der Waals surface area contributed by atoms with Gasteiger partial charge in [-0.2, -0.15) is 0 Å². The molecule has 0 radical (unpaired) electrons. The van der Waals surface area contributed by atoms with Crippen LogP contribution >= 0.6 is 0 Å². The largest absolute Gasteiger partial charge is 1.00 e. The molecule has 162 valence electrons. The topological polar surface area (TPSA) is 0 Å². The van der Waals surface area contributed by atoms with E-state index in [2.05, 4.69) is 84.0 Å². The normalized spacial score (nSPS) is 22.8. The molecule has 0 saturated carbocycles. The summed E-state index contributed by atoms with van der Waals surface area (Å²) < 4.78 is 1.15. The molecule has 2 aliphatic carbocycles.